The zero-order valence-electron chi connectivity index (χ0n) is 17.0. The van der Waals surface area contributed by atoms with E-state index >= 15 is 0 Å². The van der Waals surface area contributed by atoms with Crippen molar-refractivity contribution in [3.05, 3.63) is 59.4 Å². The minimum atomic E-state index is -4.71. The van der Waals surface area contributed by atoms with E-state index in [9.17, 15) is 18.0 Å². The number of furan rings is 1. The number of aromatic nitrogens is 4. The molecule has 0 radical (unpaired) electrons. The van der Waals surface area contributed by atoms with Crippen molar-refractivity contribution < 1.29 is 26.9 Å². The third-order valence-corrected chi connectivity index (χ3v) is 5.55. The van der Waals surface area contributed by atoms with Gasteiger partial charge in [0.2, 0.25) is 0 Å². The van der Waals surface area contributed by atoms with Gasteiger partial charge in [-0.25, -0.2) is 9.50 Å². The second-order valence-corrected chi connectivity index (χ2v) is 7.53. The number of halogens is 3. The monoisotopic (exact) mass is 445 g/mol. The molecule has 0 saturated carbocycles. The van der Waals surface area contributed by atoms with Crippen LogP contribution in [0.1, 0.15) is 53.3 Å². The van der Waals surface area contributed by atoms with Crippen molar-refractivity contribution in [1.82, 2.24) is 24.7 Å². The second kappa shape index (κ2) is 7.50. The number of aryl methyl sites for hydroxylation is 1. The zero-order chi connectivity index (χ0) is 22.5. The number of nitrogens with zero attached hydrogens (tertiary/aromatic N) is 5. The van der Waals surface area contributed by atoms with E-state index in [4.69, 9.17) is 8.94 Å². The molecule has 5 rings (SSSR count). The van der Waals surface area contributed by atoms with Crippen LogP contribution >= 0.6 is 0 Å². The van der Waals surface area contributed by atoms with Crippen LogP contribution in [0.5, 0.6) is 0 Å². The minimum Gasteiger partial charge on any atom is -0.463 e. The number of alkyl halides is 3. The summed E-state index contributed by atoms with van der Waals surface area (Å²) in [6.45, 7) is 2.38. The van der Waals surface area contributed by atoms with E-state index in [1.54, 1.807) is 17.0 Å². The lowest BCUT2D eigenvalue weighted by Crippen LogP contribution is -2.30. The summed E-state index contributed by atoms with van der Waals surface area (Å²) in [4.78, 5) is 19.3. The quantitative estimate of drug-likeness (QED) is 0.458. The molecule has 4 aromatic heterocycles. The highest BCUT2D eigenvalue weighted by Crippen LogP contribution is 2.36. The fourth-order valence-electron chi connectivity index (χ4n) is 3.98. The maximum Gasteiger partial charge on any atom is 0.433 e. The number of fused-ring (bicyclic) bond motifs is 1. The van der Waals surface area contributed by atoms with Gasteiger partial charge in [0, 0.05) is 12.6 Å². The van der Waals surface area contributed by atoms with Crippen molar-refractivity contribution in [2.45, 2.75) is 38.4 Å². The molecular formula is C21H18F3N5O3. The van der Waals surface area contributed by atoms with Crippen LogP contribution in [0.3, 0.4) is 0 Å². The first kappa shape index (κ1) is 20.3. The van der Waals surface area contributed by atoms with Crippen molar-refractivity contribution in [2.75, 3.05) is 6.54 Å². The van der Waals surface area contributed by atoms with E-state index in [0.29, 0.717) is 29.7 Å². The molecule has 5 heterocycles. The van der Waals surface area contributed by atoms with Gasteiger partial charge in [0.05, 0.1) is 24.2 Å². The number of carbonyl (C=O) groups is 1. The molecule has 1 amide bonds. The summed E-state index contributed by atoms with van der Waals surface area (Å²) >= 11 is 0. The largest absolute Gasteiger partial charge is 0.463 e. The van der Waals surface area contributed by atoms with E-state index in [0.717, 1.165) is 24.4 Å². The molecule has 0 aromatic carbocycles. The van der Waals surface area contributed by atoms with Crippen LogP contribution in [0, 0.1) is 0 Å². The molecule has 1 aliphatic heterocycles. The number of rotatable bonds is 4. The number of hydrogen-bond acceptors (Lipinski definition) is 6. The van der Waals surface area contributed by atoms with Crippen LogP contribution < -0.4 is 0 Å². The van der Waals surface area contributed by atoms with E-state index in [2.05, 4.69) is 15.2 Å². The molecule has 1 atom stereocenters. The fraction of sp³-hybridized carbons (Fsp3) is 0.333. The fourth-order valence-corrected chi connectivity index (χ4v) is 3.98. The Bertz CT molecular complexity index is 1280. The highest BCUT2D eigenvalue weighted by molar-refractivity contribution is 6.00. The average Bonchev–Trinajstić information content (AvgIpc) is 3.56. The Kier molecular flexibility index (Phi) is 4.75. The molecule has 0 unspecified atom stereocenters. The molecule has 0 aliphatic carbocycles. The van der Waals surface area contributed by atoms with Crippen molar-refractivity contribution in [3.8, 4) is 11.5 Å². The molecule has 0 bridgehead atoms. The van der Waals surface area contributed by atoms with Gasteiger partial charge in [-0.2, -0.15) is 18.3 Å². The van der Waals surface area contributed by atoms with E-state index in [1.807, 2.05) is 6.92 Å². The Morgan fingerprint density at radius 3 is 2.84 bits per heavy atom. The molecule has 11 heteroatoms. The molecule has 1 saturated heterocycles. The van der Waals surface area contributed by atoms with Gasteiger partial charge in [0.1, 0.15) is 11.3 Å². The normalized spacial score (nSPS) is 16.9. The molecule has 8 nitrogen and oxygen atoms in total. The third kappa shape index (κ3) is 3.33. The Morgan fingerprint density at radius 1 is 1.31 bits per heavy atom. The van der Waals surface area contributed by atoms with Gasteiger partial charge >= 0.3 is 6.18 Å². The summed E-state index contributed by atoms with van der Waals surface area (Å²) in [5, 5.41) is 7.82. The van der Waals surface area contributed by atoms with Gasteiger partial charge in [0.25, 0.3) is 5.91 Å². The summed E-state index contributed by atoms with van der Waals surface area (Å²) in [5.74, 6) is 0.254. The van der Waals surface area contributed by atoms with Crippen molar-refractivity contribution in [1.29, 1.82) is 0 Å². The zero-order valence-corrected chi connectivity index (χ0v) is 17.0. The molecule has 0 spiro atoms. The van der Waals surface area contributed by atoms with Gasteiger partial charge < -0.3 is 13.8 Å². The highest BCUT2D eigenvalue weighted by Gasteiger charge is 2.38. The predicted molar refractivity (Wildman–Crippen MR) is 105 cm³/mol. The summed E-state index contributed by atoms with van der Waals surface area (Å²) < 4.78 is 52.5. The molecule has 0 N–H and O–H groups in total. The molecule has 32 heavy (non-hydrogen) atoms. The van der Waals surface area contributed by atoms with Crippen LogP contribution in [0.2, 0.25) is 0 Å². The first-order valence-corrected chi connectivity index (χ1v) is 10.1. The minimum absolute atomic E-state index is 0.0222. The Morgan fingerprint density at radius 2 is 2.16 bits per heavy atom. The smallest absolute Gasteiger partial charge is 0.433 e. The summed E-state index contributed by atoms with van der Waals surface area (Å²) in [7, 11) is 0. The van der Waals surface area contributed by atoms with Gasteiger partial charge in [0.15, 0.2) is 22.9 Å². The molecule has 4 aromatic rings. The molecule has 1 fully saturated rings. The van der Waals surface area contributed by atoms with Crippen LogP contribution in [0.25, 0.3) is 17.1 Å². The number of amides is 1. The van der Waals surface area contributed by atoms with Crippen LogP contribution in [-0.2, 0) is 12.6 Å². The first-order valence-electron chi connectivity index (χ1n) is 10.1. The molecule has 166 valence electrons. The van der Waals surface area contributed by atoms with Crippen molar-refractivity contribution in [3.63, 3.8) is 0 Å². The van der Waals surface area contributed by atoms with E-state index < -0.39 is 17.8 Å². The number of hydrogen-bond donors (Lipinski definition) is 0. The Labute approximate surface area is 179 Å². The topological polar surface area (TPSA) is 89.7 Å². The summed E-state index contributed by atoms with van der Waals surface area (Å²) in [6, 6.07) is 5.37. The maximum absolute atomic E-state index is 13.7. The Hall–Kier alpha value is -3.63. The van der Waals surface area contributed by atoms with Crippen LogP contribution in [0.4, 0.5) is 13.2 Å². The Balaban J connectivity index is 1.59. The number of likely N-dealkylation sites (tertiary alicyclic amines) is 1. The van der Waals surface area contributed by atoms with E-state index in [-0.39, 0.29) is 28.7 Å². The van der Waals surface area contributed by atoms with Crippen LogP contribution in [-0.4, -0.2) is 37.1 Å². The van der Waals surface area contributed by atoms with Gasteiger partial charge in [-0.05, 0) is 37.5 Å². The van der Waals surface area contributed by atoms with Gasteiger partial charge in [-0.1, -0.05) is 12.1 Å². The lowest BCUT2D eigenvalue weighted by Gasteiger charge is -2.22. The predicted octanol–water partition coefficient (Wildman–Crippen LogP) is 4.54. The highest BCUT2D eigenvalue weighted by atomic mass is 19.4. The molecular weight excluding hydrogens is 427 g/mol. The van der Waals surface area contributed by atoms with Crippen molar-refractivity contribution in [2.24, 2.45) is 0 Å². The van der Waals surface area contributed by atoms with Crippen LogP contribution in [0.15, 0.2) is 45.7 Å². The summed E-state index contributed by atoms with van der Waals surface area (Å²) in [5.41, 5.74) is -0.520. The van der Waals surface area contributed by atoms with Gasteiger partial charge in [-0.3, -0.25) is 4.79 Å². The lowest BCUT2D eigenvalue weighted by atomic mass is 10.1. The summed E-state index contributed by atoms with van der Waals surface area (Å²) in [6.07, 6.45) is -0.148. The third-order valence-electron chi connectivity index (χ3n) is 5.55. The maximum atomic E-state index is 13.7. The first-order chi connectivity index (χ1) is 15.4. The second-order valence-electron chi connectivity index (χ2n) is 7.53. The average molecular weight is 445 g/mol. The number of carbonyl (C=O) groups excluding carboxylic acids is 1. The SMILES string of the molecule is CCc1cc([C@@H]2CCCN2C(=O)c2cnn3c(C(F)(F)F)cc(-c4ccco4)nc23)on1. The van der Waals surface area contributed by atoms with E-state index in [1.165, 1.54) is 12.3 Å². The van der Waals surface area contributed by atoms with Crippen molar-refractivity contribution >= 4 is 11.6 Å². The lowest BCUT2D eigenvalue weighted by molar-refractivity contribution is -0.142. The molecule has 1 aliphatic rings. The van der Waals surface area contributed by atoms with Gasteiger partial charge in [-0.15, -0.1) is 0 Å². The standard InChI is InChI=1S/C21H18F3N5O3/c1-2-12-9-17(32-27-12)15-5-3-7-28(15)20(30)13-11-25-29-18(21(22,23)24)10-14(26-19(13)29)16-6-4-8-31-16/h4,6,8-11,15H,2-3,5,7H2,1H3/t15-/m0/s1.